The van der Waals surface area contributed by atoms with E-state index >= 15 is 0 Å². The highest BCUT2D eigenvalue weighted by Crippen LogP contribution is 2.24. The predicted molar refractivity (Wildman–Crippen MR) is 126 cm³/mol. The molecule has 2 aliphatic rings. The zero-order valence-electron chi connectivity index (χ0n) is 21.0. The average Bonchev–Trinajstić information content (AvgIpc) is 3.57. The summed E-state index contributed by atoms with van der Waals surface area (Å²) in [5.41, 5.74) is 2.51. The highest BCUT2D eigenvalue weighted by Gasteiger charge is 2.38. The molecule has 2 aromatic heterocycles. The van der Waals surface area contributed by atoms with Gasteiger partial charge in [-0.25, -0.2) is 14.4 Å². The molecule has 0 aliphatic carbocycles. The molecule has 1 saturated heterocycles. The van der Waals surface area contributed by atoms with E-state index < -0.39 is 24.3 Å². The van der Waals surface area contributed by atoms with Gasteiger partial charge in [-0.1, -0.05) is 0 Å². The quantitative estimate of drug-likeness (QED) is 0.457. The van der Waals surface area contributed by atoms with Crippen molar-refractivity contribution >= 4 is 18.0 Å². The van der Waals surface area contributed by atoms with Crippen LogP contribution < -0.4 is 5.32 Å². The van der Waals surface area contributed by atoms with E-state index in [1.807, 2.05) is 23.5 Å². The van der Waals surface area contributed by atoms with Gasteiger partial charge in [0.05, 0.1) is 11.7 Å². The lowest BCUT2D eigenvalue weighted by Gasteiger charge is -2.34. The summed E-state index contributed by atoms with van der Waals surface area (Å²) in [6.45, 7) is 5.21. The van der Waals surface area contributed by atoms with Crippen LogP contribution in [0.3, 0.4) is 0 Å². The molecule has 2 aromatic rings. The maximum Gasteiger partial charge on any atom is 0.490 e. The van der Waals surface area contributed by atoms with Crippen molar-refractivity contribution in [1.29, 1.82) is 0 Å². The topological polar surface area (TPSA) is 141 Å². The first kappa shape index (κ1) is 32.3. The van der Waals surface area contributed by atoms with Crippen LogP contribution in [0.5, 0.6) is 0 Å². The van der Waals surface area contributed by atoms with Crippen molar-refractivity contribution < 1.29 is 50.9 Å². The van der Waals surface area contributed by atoms with E-state index in [9.17, 15) is 31.1 Å². The third-order valence-corrected chi connectivity index (χ3v) is 5.74. The van der Waals surface area contributed by atoms with Crippen LogP contribution in [0, 0.1) is 0 Å². The summed E-state index contributed by atoms with van der Waals surface area (Å²) in [6, 6.07) is 6.59. The lowest BCUT2D eigenvalue weighted by atomic mass is 10.1. The van der Waals surface area contributed by atoms with E-state index in [0.29, 0.717) is 6.54 Å². The molecule has 17 heteroatoms. The molecule has 2 aliphatic heterocycles. The van der Waals surface area contributed by atoms with Gasteiger partial charge < -0.3 is 20.4 Å². The Balaban J connectivity index is 0.000000333. The molecule has 0 radical (unpaired) electrons. The molecular formula is C23H28F6N6O5. The average molecular weight is 583 g/mol. The van der Waals surface area contributed by atoms with E-state index in [0.717, 1.165) is 52.0 Å². The van der Waals surface area contributed by atoms with Crippen LogP contribution in [0.25, 0.3) is 0 Å². The van der Waals surface area contributed by atoms with Gasteiger partial charge in [-0.3, -0.25) is 14.6 Å². The number of nitrogens with one attached hydrogen (secondary N) is 1. The van der Waals surface area contributed by atoms with Crippen molar-refractivity contribution in [3.8, 4) is 0 Å². The molecule has 0 spiro atoms. The van der Waals surface area contributed by atoms with Gasteiger partial charge in [0.2, 0.25) is 0 Å². The Morgan fingerprint density at radius 1 is 0.925 bits per heavy atom. The van der Waals surface area contributed by atoms with Crippen molar-refractivity contribution in [3.05, 3.63) is 48.0 Å². The lowest BCUT2D eigenvalue weighted by Crippen LogP contribution is -2.41. The molecule has 1 atom stereocenters. The Hall–Kier alpha value is -3.89. The number of fused-ring (bicyclic) bond motifs is 1. The van der Waals surface area contributed by atoms with E-state index in [1.165, 1.54) is 11.3 Å². The van der Waals surface area contributed by atoms with E-state index in [1.54, 1.807) is 0 Å². The third kappa shape index (κ3) is 10.7. The molecule has 222 valence electrons. The van der Waals surface area contributed by atoms with Crippen molar-refractivity contribution in [2.75, 3.05) is 26.2 Å². The van der Waals surface area contributed by atoms with Crippen LogP contribution in [0.1, 0.15) is 36.6 Å². The first-order chi connectivity index (χ1) is 18.7. The SMILES string of the molecule is O=C(NCCC1CN(Cc2ccncc2)Cc2ccnn21)N1CCCC1.O=C(O)C(F)(F)F.O=C(O)C(F)(F)F. The number of nitrogens with zero attached hydrogens (tertiary/aromatic N) is 5. The monoisotopic (exact) mass is 582 g/mol. The van der Waals surface area contributed by atoms with Crippen LogP contribution in [-0.2, 0) is 22.7 Å². The van der Waals surface area contributed by atoms with Gasteiger partial charge in [-0.05, 0) is 43.0 Å². The molecule has 0 saturated carbocycles. The fourth-order valence-electron chi connectivity index (χ4n) is 3.92. The van der Waals surface area contributed by atoms with Crippen molar-refractivity contribution in [3.63, 3.8) is 0 Å². The van der Waals surface area contributed by atoms with Gasteiger partial charge in [-0.2, -0.15) is 31.4 Å². The zero-order chi connectivity index (χ0) is 29.9. The second-order valence-electron chi connectivity index (χ2n) is 8.77. The van der Waals surface area contributed by atoms with Crippen LogP contribution >= 0.6 is 0 Å². The predicted octanol–water partition coefficient (Wildman–Crippen LogP) is 3.30. The number of amides is 2. The zero-order valence-corrected chi connectivity index (χ0v) is 21.0. The number of halogens is 6. The summed E-state index contributed by atoms with van der Waals surface area (Å²) in [7, 11) is 0. The Labute approximate surface area is 224 Å². The molecule has 4 heterocycles. The van der Waals surface area contributed by atoms with Gasteiger partial charge in [0.15, 0.2) is 0 Å². The van der Waals surface area contributed by atoms with Gasteiger partial charge in [-0.15, -0.1) is 0 Å². The molecule has 40 heavy (non-hydrogen) atoms. The summed E-state index contributed by atoms with van der Waals surface area (Å²) in [6.07, 6.45) is -1.47. The van der Waals surface area contributed by atoms with Crippen LogP contribution in [-0.4, -0.2) is 91.3 Å². The molecule has 1 unspecified atom stereocenters. The lowest BCUT2D eigenvalue weighted by molar-refractivity contribution is -0.193. The van der Waals surface area contributed by atoms with E-state index in [-0.39, 0.29) is 12.1 Å². The number of likely N-dealkylation sites (tertiary alicyclic amines) is 1. The second-order valence-corrected chi connectivity index (χ2v) is 8.77. The Kier molecular flexibility index (Phi) is 11.7. The number of hydrogen-bond donors (Lipinski definition) is 3. The van der Waals surface area contributed by atoms with Crippen LogP contribution in [0.4, 0.5) is 31.1 Å². The number of aliphatic carboxylic acids is 2. The molecular weight excluding hydrogens is 554 g/mol. The summed E-state index contributed by atoms with van der Waals surface area (Å²) in [5, 5.41) is 21.8. The molecule has 4 rings (SSSR count). The number of carboxylic acids is 2. The fraction of sp³-hybridized carbons (Fsp3) is 0.522. The number of rotatable bonds is 5. The number of urea groups is 1. The third-order valence-electron chi connectivity index (χ3n) is 5.74. The number of aromatic nitrogens is 3. The molecule has 3 N–H and O–H groups in total. The van der Waals surface area contributed by atoms with Gasteiger partial charge >= 0.3 is 30.3 Å². The maximum atomic E-state index is 12.2. The second kappa shape index (κ2) is 14.5. The standard InChI is InChI=1S/C19H26N6O.2C2HF3O2/c26-19(24-11-1-2-12-24)21-9-5-17-14-23(13-16-3-7-20-8-4-16)15-18-6-10-22-25(17)18;2*3-2(4,5)1(6)7/h3-4,6-8,10,17H,1-2,5,9,11-15H2,(H,21,26);2*(H,6,7). The van der Waals surface area contributed by atoms with Crippen LogP contribution in [0.15, 0.2) is 36.8 Å². The number of alkyl halides is 6. The van der Waals surface area contributed by atoms with Crippen molar-refractivity contribution in [2.45, 2.75) is 50.7 Å². The van der Waals surface area contributed by atoms with E-state index in [4.69, 9.17) is 19.8 Å². The number of carboxylic acid groups (broad SMARTS) is 2. The summed E-state index contributed by atoms with van der Waals surface area (Å²) < 4.78 is 65.6. The summed E-state index contributed by atoms with van der Waals surface area (Å²) in [5.74, 6) is -5.51. The Morgan fingerprint density at radius 3 is 2.00 bits per heavy atom. The van der Waals surface area contributed by atoms with Crippen LogP contribution in [0.2, 0.25) is 0 Å². The smallest absolute Gasteiger partial charge is 0.475 e. The van der Waals surface area contributed by atoms with Gasteiger partial charge in [0, 0.05) is 57.9 Å². The minimum atomic E-state index is -5.08. The molecule has 1 fully saturated rings. The molecule has 2 amide bonds. The highest BCUT2D eigenvalue weighted by atomic mass is 19.4. The van der Waals surface area contributed by atoms with Gasteiger partial charge in [0.1, 0.15) is 0 Å². The molecule has 0 bridgehead atoms. The number of hydrogen-bond acceptors (Lipinski definition) is 6. The maximum absolute atomic E-state index is 12.2. The minimum absolute atomic E-state index is 0.0765. The molecule has 11 nitrogen and oxygen atoms in total. The largest absolute Gasteiger partial charge is 0.490 e. The fourth-order valence-corrected chi connectivity index (χ4v) is 3.92. The van der Waals surface area contributed by atoms with Gasteiger partial charge in [0.25, 0.3) is 0 Å². The summed E-state index contributed by atoms with van der Waals surface area (Å²) >= 11 is 0. The first-order valence-electron chi connectivity index (χ1n) is 11.9. The Bertz CT molecular complexity index is 1080. The summed E-state index contributed by atoms with van der Waals surface area (Å²) in [4.78, 5) is 38.4. The number of carbonyl (C=O) groups is 3. The van der Waals surface area contributed by atoms with Crippen molar-refractivity contribution in [1.82, 2.24) is 29.9 Å². The van der Waals surface area contributed by atoms with Crippen molar-refractivity contribution in [2.24, 2.45) is 0 Å². The highest BCUT2D eigenvalue weighted by molar-refractivity contribution is 5.74. The molecule has 0 aromatic carbocycles. The number of carbonyl (C=O) groups excluding carboxylic acids is 1. The van der Waals surface area contributed by atoms with E-state index in [2.05, 4.69) is 43.2 Å². The first-order valence-corrected chi connectivity index (χ1v) is 11.9. The normalized spacial score (nSPS) is 17.1. The Morgan fingerprint density at radius 2 is 1.48 bits per heavy atom. The minimum Gasteiger partial charge on any atom is -0.475 e. The number of pyridine rings is 1.